The molecule has 9 nitrogen and oxygen atoms in total. The predicted octanol–water partition coefficient (Wildman–Crippen LogP) is 4.58. The summed E-state index contributed by atoms with van der Waals surface area (Å²) in [6.07, 6.45) is 3.31. The molecule has 0 aliphatic carbocycles. The van der Waals surface area contributed by atoms with E-state index in [0.29, 0.717) is 29.1 Å². The van der Waals surface area contributed by atoms with Crippen LogP contribution in [0.2, 0.25) is 0 Å². The van der Waals surface area contributed by atoms with E-state index in [9.17, 15) is 4.79 Å². The van der Waals surface area contributed by atoms with Gasteiger partial charge in [0.05, 0.1) is 24.6 Å². The van der Waals surface area contributed by atoms with Crippen LogP contribution in [-0.4, -0.2) is 46.1 Å². The smallest absolute Gasteiger partial charge is 0.343 e. The number of benzene rings is 2. The zero-order valence-corrected chi connectivity index (χ0v) is 19.2. The van der Waals surface area contributed by atoms with Crippen molar-refractivity contribution in [2.24, 2.45) is 0 Å². The minimum atomic E-state index is -0.511. The van der Waals surface area contributed by atoms with Crippen LogP contribution in [0.4, 0.5) is 11.6 Å². The van der Waals surface area contributed by atoms with Crippen LogP contribution in [-0.2, 0) is 11.3 Å². The van der Waals surface area contributed by atoms with E-state index >= 15 is 0 Å². The first-order valence-corrected chi connectivity index (χ1v) is 11.4. The summed E-state index contributed by atoms with van der Waals surface area (Å²) in [5.41, 5.74) is 2.00. The normalized spacial score (nSPS) is 10.8. The molecule has 0 saturated carbocycles. The molecule has 0 aliphatic heterocycles. The second kappa shape index (κ2) is 10.2. The Morgan fingerprint density at radius 3 is 2.70 bits per heavy atom. The fourth-order valence-electron chi connectivity index (χ4n) is 3.16. The molecule has 0 aliphatic rings. The minimum Gasteiger partial charge on any atom is -0.497 e. The third kappa shape index (κ3) is 5.01. The van der Waals surface area contributed by atoms with E-state index in [4.69, 9.17) is 14.2 Å². The van der Waals surface area contributed by atoms with Crippen LogP contribution in [0.25, 0.3) is 10.9 Å². The molecular formula is C23H23N5O4S. The van der Waals surface area contributed by atoms with Crippen LogP contribution in [0.1, 0.15) is 22.8 Å². The number of aromatic nitrogens is 4. The number of anilines is 2. The second-order valence-corrected chi connectivity index (χ2v) is 7.63. The van der Waals surface area contributed by atoms with Crippen LogP contribution in [0.3, 0.4) is 0 Å². The molecule has 0 fully saturated rings. The number of methoxy groups -OCH3 is 1. The molecule has 0 atom stereocenters. The molecule has 0 unspecified atom stereocenters. The van der Waals surface area contributed by atoms with Gasteiger partial charge in [0.25, 0.3) is 0 Å². The molecule has 0 spiro atoms. The van der Waals surface area contributed by atoms with Gasteiger partial charge in [0.1, 0.15) is 23.7 Å². The summed E-state index contributed by atoms with van der Waals surface area (Å²) in [6.45, 7) is 2.36. The molecule has 33 heavy (non-hydrogen) atoms. The van der Waals surface area contributed by atoms with Crippen molar-refractivity contribution >= 4 is 40.3 Å². The number of nitrogens with zero attached hydrogens (tertiary/aromatic N) is 3. The molecule has 0 amide bonds. The van der Waals surface area contributed by atoms with Crippen LogP contribution in [0, 0.1) is 0 Å². The van der Waals surface area contributed by atoms with Crippen molar-refractivity contribution in [1.82, 2.24) is 20.2 Å². The summed E-state index contributed by atoms with van der Waals surface area (Å²) in [5.74, 6) is 1.70. The number of H-pyrrole nitrogens is 1. The Hall–Kier alpha value is -3.79. The van der Waals surface area contributed by atoms with E-state index in [1.54, 1.807) is 14.0 Å². The number of ether oxygens (including phenoxy) is 3. The van der Waals surface area contributed by atoms with Crippen molar-refractivity contribution in [3.63, 3.8) is 0 Å². The minimum absolute atomic E-state index is 0.224. The number of carbonyl (C=O) groups excluding carboxylic acids is 1. The van der Waals surface area contributed by atoms with E-state index in [1.807, 2.05) is 48.7 Å². The van der Waals surface area contributed by atoms with E-state index in [2.05, 4.69) is 25.5 Å². The summed E-state index contributed by atoms with van der Waals surface area (Å²) in [5, 5.41) is 11.8. The van der Waals surface area contributed by atoms with E-state index in [1.165, 1.54) is 18.0 Å². The number of thioether (sulfide) groups is 1. The molecule has 2 aromatic heterocycles. The van der Waals surface area contributed by atoms with Crippen LogP contribution >= 0.6 is 11.8 Å². The van der Waals surface area contributed by atoms with Crippen molar-refractivity contribution in [2.75, 3.05) is 25.3 Å². The Bertz CT molecular complexity index is 1260. The molecule has 2 N–H and O–H groups in total. The van der Waals surface area contributed by atoms with Crippen LogP contribution < -0.4 is 14.8 Å². The van der Waals surface area contributed by atoms with Gasteiger partial charge in [-0.15, -0.1) is 0 Å². The number of aromatic amines is 1. The van der Waals surface area contributed by atoms with Gasteiger partial charge in [0.15, 0.2) is 16.8 Å². The number of nitrogens with one attached hydrogen (secondary N) is 2. The van der Waals surface area contributed by atoms with Gasteiger partial charge in [-0.25, -0.2) is 14.8 Å². The standard InChI is InChI=1S/C23H23N5O4S/c1-4-31-22(29)16-12-24-23(33-3)26-20(16)25-21-19-17(27-28-21)6-5-7-18(19)32-13-14-8-10-15(30-2)11-9-14/h5-12H,4,13H2,1-3H3,(H2,24,25,26,27,28). The number of carbonyl (C=O) groups is 1. The first-order chi connectivity index (χ1) is 16.1. The van der Waals surface area contributed by atoms with Gasteiger partial charge in [-0.05, 0) is 43.0 Å². The fraction of sp³-hybridized carbons (Fsp3) is 0.217. The van der Waals surface area contributed by atoms with E-state index in [-0.39, 0.29) is 12.2 Å². The second-order valence-electron chi connectivity index (χ2n) is 6.85. The zero-order valence-electron chi connectivity index (χ0n) is 18.4. The van der Waals surface area contributed by atoms with Crippen LogP contribution in [0.5, 0.6) is 11.5 Å². The topological polar surface area (TPSA) is 111 Å². The van der Waals surface area contributed by atoms with Gasteiger partial charge < -0.3 is 19.5 Å². The van der Waals surface area contributed by atoms with Crippen molar-refractivity contribution < 1.29 is 19.0 Å². The molecule has 4 aromatic rings. The molecule has 0 bridgehead atoms. The Morgan fingerprint density at radius 1 is 1.15 bits per heavy atom. The number of rotatable bonds is 9. The molecular weight excluding hydrogens is 442 g/mol. The number of hydrogen-bond donors (Lipinski definition) is 2. The predicted molar refractivity (Wildman–Crippen MR) is 126 cm³/mol. The lowest BCUT2D eigenvalue weighted by molar-refractivity contribution is 0.0526. The summed E-state index contributed by atoms with van der Waals surface area (Å²) >= 11 is 1.37. The molecule has 10 heteroatoms. The van der Waals surface area contributed by atoms with Crippen LogP contribution in [0.15, 0.2) is 53.8 Å². The van der Waals surface area contributed by atoms with Gasteiger partial charge in [0.2, 0.25) is 0 Å². The zero-order chi connectivity index (χ0) is 23.2. The molecule has 0 saturated heterocycles. The maximum atomic E-state index is 12.4. The van der Waals surface area contributed by atoms with Crippen molar-refractivity contribution in [3.8, 4) is 11.5 Å². The van der Waals surface area contributed by atoms with Gasteiger partial charge >= 0.3 is 5.97 Å². The highest BCUT2D eigenvalue weighted by molar-refractivity contribution is 7.98. The Balaban J connectivity index is 1.65. The lowest BCUT2D eigenvalue weighted by atomic mass is 10.2. The van der Waals surface area contributed by atoms with Gasteiger partial charge in [-0.2, -0.15) is 5.10 Å². The monoisotopic (exact) mass is 465 g/mol. The molecule has 2 aromatic carbocycles. The van der Waals surface area contributed by atoms with E-state index in [0.717, 1.165) is 22.2 Å². The van der Waals surface area contributed by atoms with E-state index < -0.39 is 5.97 Å². The Morgan fingerprint density at radius 2 is 1.97 bits per heavy atom. The summed E-state index contributed by atoms with van der Waals surface area (Å²) in [4.78, 5) is 21.1. The van der Waals surface area contributed by atoms with Crippen molar-refractivity contribution in [3.05, 3.63) is 59.8 Å². The quantitative estimate of drug-likeness (QED) is 0.208. The average Bonchev–Trinajstić information content (AvgIpc) is 3.26. The summed E-state index contributed by atoms with van der Waals surface area (Å²) in [6, 6.07) is 13.3. The molecule has 0 radical (unpaired) electrons. The first-order valence-electron chi connectivity index (χ1n) is 10.2. The number of esters is 1. The molecule has 2 heterocycles. The fourth-order valence-corrected chi connectivity index (χ4v) is 3.50. The maximum absolute atomic E-state index is 12.4. The number of hydrogen-bond acceptors (Lipinski definition) is 9. The maximum Gasteiger partial charge on any atom is 0.343 e. The highest BCUT2D eigenvalue weighted by atomic mass is 32.2. The largest absolute Gasteiger partial charge is 0.497 e. The van der Waals surface area contributed by atoms with Gasteiger partial charge in [-0.3, -0.25) is 5.10 Å². The van der Waals surface area contributed by atoms with Crippen molar-refractivity contribution in [2.45, 2.75) is 18.7 Å². The van der Waals surface area contributed by atoms with Gasteiger partial charge in [-0.1, -0.05) is 30.0 Å². The number of fused-ring (bicyclic) bond motifs is 1. The first kappa shape index (κ1) is 22.4. The highest BCUT2D eigenvalue weighted by Crippen LogP contribution is 2.33. The summed E-state index contributed by atoms with van der Waals surface area (Å²) < 4.78 is 16.5. The lowest BCUT2D eigenvalue weighted by Gasteiger charge is -2.12. The van der Waals surface area contributed by atoms with Gasteiger partial charge in [0, 0.05) is 6.20 Å². The third-order valence-electron chi connectivity index (χ3n) is 4.79. The highest BCUT2D eigenvalue weighted by Gasteiger charge is 2.19. The summed E-state index contributed by atoms with van der Waals surface area (Å²) in [7, 11) is 1.63. The average molecular weight is 466 g/mol. The molecule has 170 valence electrons. The third-order valence-corrected chi connectivity index (χ3v) is 5.35. The Kier molecular flexibility index (Phi) is 6.94. The lowest BCUT2D eigenvalue weighted by Crippen LogP contribution is -2.11. The SMILES string of the molecule is CCOC(=O)c1cnc(SC)nc1Nc1n[nH]c2cccc(OCc3ccc(OC)cc3)c12. The Labute approximate surface area is 194 Å². The molecule has 4 rings (SSSR count). The van der Waals surface area contributed by atoms with Crippen molar-refractivity contribution in [1.29, 1.82) is 0 Å².